The Morgan fingerprint density at radius 3 is 2.80 bits per heavy atom. The van der Waals surface area contributed by atoms with E-state index in [1.54, 1.807) is 4.90 Å². The number of unbranched alkanes of at least 4 members (excludes halogenated alkanes) is 2. The van der Waals surface area contributed by atoms with Crippen LogP contribution in [0.4, 0.5) is 0 Å². The Morgan fingerprint density at radius 1 is 1.53 bits per heavy atom. The molecule has 1 atom stereocenters. The molecule has 4 nitrogen and oxygen atoms in total. The number of carbonyl (C=O) groups is 1. The minimum absolute atomic E-state index is 0.0242. The minimum atomic E-state index is -0.763. The first-order valence-corrected chi connectivity index (χ1v) is 5.72. The Morgan fingerprint density at radius 2 is 2.27 bits per heavy atom. The van der Waals surface area contributed by atoms with Crippen molar-refractivity contribution < 1.29 is 9.53 Å². The Balaban J connectivity index is 2.38. The van der Waals surface area contributed by atoms with Gasteiger partial charge < -0.3 is 15.4 Å². The quantitative estimate of drug-likeness (QED) is 0.687. The van der Waals surface area contributed by atoms with Crippen molar-refractivity contribution in [1.82, 2.24) is 4.90 Å². The molecule has 15 heavy (non-hydrogen) atoms. The normalized spacial score (nSPS) is 25.5. The van der Waals surface area contributed by atoms with Gasteiger partial charge in [-0.25, -0.2) is 0 Å². The van der Waals surface area contributed by atoms with E-state index in [0.29, 0.717) is 19.6 Å². The van der Waals surface area contributed by atoms with Gasteiger partial charge in [-0.05, 0) is 12.8 Å². The molecule has 4 heteroatoms. The molecule has 0 aromatic heterocycles. The highest BCUT2D eigenvalue weighted by molar-refractivity contribution is 5.86. The van der Waals surface area contributed by atoms with Gasteiger partial charge >= 0.3 is 0 Å². The van der Waals surface area contributed by atoms with E-state index >= 15 is 0 Å². The third kappa shape index (κ3) is 3.18. The first-order valence-electron chi connectivity index (χ1n) is 5.72. The number of carbonyl (C=O) groups excluding carboxylic acids is 1. The predicted molar refractivity (Wildman–Crippen MR) is 59.5 cm³/mol. The highest BCUT2D eigenvalue weighted by Crippen LogP contribution is 2.18. The zero-order chi connectivity index (χ0) is 11.3. The summed E-state index contributed by atoms with van der Waals surface area (Å²) in [5.74, 6) is 0.0242. The van der Waals surface area contributed by atoms with Gasteiger partial charge in [0, 0.05) is 20.2 Å². The summed E-state index contributed by atoms with van der Waals surface area (Å²) in [4.78, 5) is 13.7. The van der Waals surface area contributed by atoms with Crippen LogP contribution in [-0.4, -0.2) is 43.2 Å². The monoisotopic (exact) mass is 214 g/mol. The van der Waals surface area contributed by atoms with E-state index in [1.807, 2.05) is 7.05 Å². The van der Waals surface area contributed by atoms with E-state index in [1.165, 1.54) is 6.42 Å². The van der Waals surface area contributed by atoms with Gasteiger partial charge in [-0.1, -0.05) is 19.8 Å². The van der Waals surface area contributed by atoms with Crippen LogP contribution in [0.2, 0.25) is 0 Å². The summed E-state index contributed by atoms with van der Waals surface area (Å²) in [6, 6.07) is 0. The molecule has 0 aliphatic carbocycles. The minimum Gasteiger partial charge on any atom is -0.379 e. The lowest BCUT2D eigenvalue weighted by Gasteiger charge is -2.27. The molecule has 1 rings (SSSR count). The molecule has 0 radical (unpaired) electrons. The highest BCUT2D eigenvalue weighted by atomic mass is 16.5. The van der Waals surface area contributed by atoms with Crippen LogP contribution in [-0.2, 0) is 9.53 Å². The van der Waals surface area contributed by atoms with Crippen LogP contribution in [0.3, 0.4) is 0 Å². The SMILES string of the molecule is CCCCCN(C)C(=O)C1(N)CCOC1. The second-order valence-electron chi connectivity index (χ2n) is 4.39. The summed E-state index contributed by atoms with van der Waals surface area (Å²) in [5, 5.41) is 0. The Hall–Kier alpha value is -0.610. The second kappa shape index (κ2) is 5.47. The summed E-state index contributed by atoms with van der Waals surface area (Å²) in [5.41, 5.74) is 5.23. The van der Waals surface area contributed by atoms with E-state index in [0.717, 1.165) is 19.4 Å². The van der Waals surface area contributed by atoms with E-state index in [2.05, 4.69) is 6.92 Å². The molecule has 88 valence electrons. The van der Waals surface area contributed by atoms with Crippen molar-refractivity contribution in [3.63, 3.8) is 0 Å². The molecule has 1 heterocycles. The molecule has 1 amide bonds. The molecule has 1 aliphatic rings. The van der Waals surface area contributed by atoms with Crippen molar-refractivity contribution in [3.05, 3.63) is 0 Å². The Kier molecular flexibility index (Phi) is 4.54. The van der Waals surface area contributed by atoms with Crippen molar-refractivity contribution in [3.8, 4) is 0 Å². The van der Waals surface area contributed by atoms with Gasteiger partial charge in [-0.3, -0.25) is 4.79 Å². The third-order valence-corrected chi connectivity index (χ3v) is 2.92. The fourth-order valence-electron chi connectivity index (χ4n) is 1.83. The Labute approximate surface area is 91.8 Å². The van der Waals surface area contributed by atoms with Crippen LogP contribution in [0.15, 0.2) is 0 Å². The molecule has 2 N–H and O–H groups in total. The average molecular weight is 214 g/mol. The summed E-state index contributed by atoms with van der Waals surface area (Å²) >= 11 is 0. The van der Waals surface area contributed by atoms with Gasteiger partial charge in [0.25, 0.3) is 0 Å². The molecular formula is C11H22N2O2. The fraction of sp³-hybridized carbons (Fsp3) is 0.909. The Bertz CT molecular complexity index is 213. The third-order valence-electron chi connectivity index (χ3n) is 2.92. The van der Waals surface area contributed by atoms with E-state index in [4.69, 9.17) is 10.5 Å². The van der Waals surface area contributed by atoms with Gasteiger partial charge in [0.2, 0.25) is 5.91 Å². The molecule has 1 fully saturated rings. The standard InChI is InChI=1S/C11H22N2O2/c1-3-4-5-7-13(2)10(14)11(12)6-8-15-9-11/h3-9,12H2,1-2H3. The van der Waals surface area contributed by atoms with Gasteiger partial charge in [-0.2, -0.15) is 0 Å². The van der Waals surface area contributed by atoms with Crippen LogP contribution in [0, 0.1) is 0 Å². The van der Waals surface area contributed by atoms with E-state index in [9.17, 15) is 4.79 Å². The molecule has 0 spiro atoms. The zero-order valence-corrected chi connectivity index (χ0v) is 9.79. The van der Waals surface area contributed by atoms with Crippen LogP contribution < -0.4 is 5.73 Å². The van der Waals surface area contributed by atoms with Crippen molar-refractivity contribution in [2.24, 2.45) is 5.73 Å². The van der Waals surface area contributed by atoms with E-state index < -0.39 is 5.54 Å². The molecule has 1 saturated heterocycles. The molecule has 0 saturated carbocycles. The fourth-order valence-corrected chi connectivity index (χ4v) is 1.83. The second-order valence-corrected chi connectivity index (χ2v) is 4.39. The topological polar surface area (TPSA) is 55.6 Å². The molecule has 0 aromatic rings. The number of hydrogen-bond acceptors (Lipinski definition) is 3. The van der Waals surface area contributed by atoms with Crippen molar-refractivity contribution >= 4 is 5.91 Å². The van der Waals surface area contributed by atoms with Crippen LogP contribution in [0.5, 0.6) is 0 Å². The summed E-state index contributed by atoms with van der Waals surface area (Å²) in [6.07, 6.45) is 4.02. The average Bonchev–Trinajstić information content (AvgIpc) is 2.65. The summed E-state index contributed by atoms with van der Waals surface area (Å²) in [7, 11) is 1.82. The van der Waals surface area contributed by atoms with Crippen LogP contribution in [0.25, 0.3) is 0 Å². The molecule has 0 aromatic carbocycles. The largest absolute Gasteiger partial charge is 0.379 e. The van der Waals surface area contributed by atoms with Gasteiger partial charge in [0.15, 0.2) is 0 Å². The number of rotatable bonds is 5. The zero-order valence-electron chi connectivity index (χ0n) is 9.79. The number of likely N-dealkylation sites (N-methyl/N-ethyl adjacent to an activating group) is 1. The molecule has 1 unspecified atom stereocenters. The number of nitrogens with two attached hydrogens (primary N) is 1. The summed E-state index contributed by atoms with van der Waals surface area (Å²) in [6.45, 7) is 3.91. The van der Waals surface area contributed by atoms with Crippen LogP contribution >= 0.6 is 0 Å². The van der Waals surface area contributed by atoms with Gasteiger partial charge in [0.1, 0.15) is 5.54 Å². The maximum Gasteiger partial charge on any atom is 0.244 e. The lowest BCUT2D eigenvalue weighted by Crippen LogP contribution is -2.55. The van der Waals surface area contributed by atoms with Crippen molar-refractivity contribution in [1.29, 1.82) is 0 Å². The maximum atomic E-state index is 12.0. The highest BCUT2D eigenvalue weighted by Gasteiger charge is 2.39. The number of hydrogen-bond donors (Lipinski definition) is 1. The molecule has 1 aliphatic heterocycles. The molecular weight excluding hydrogens is 192 g/mol. The maximum absolute atomic E-state index is 12.0. The van der Waals surface area contributed by atoms with Crippen molar-refractivity contribution in [2.45, 2.75) is 38.1 Å². The van der Waals surface area contributed by atoms with Crippen LogP contribution in [0.1, 0.15) is 32.6 Å². The number of ether oxygens (including phenoxy) is 1. The predicted octanol–water partition coefficient (Wildman–Crippen LogP) is 0.753. The first-order chi connectivity index (χ1) is 7.10. The lowest BCUT2D eigenvalue weighted by atomic mass is 9.98. The number of amides is 1. The molecule has 0 bridgehead atoms. The number of nitrogens with zero attached hydrogens (tertiary/aromatic N) is 1. The lowest BCUT2D eigenvalue weighted by molar-refractivity contribution is -0.135. The van der Waals surface area contributed by atoms with Gasteiger partial charge in [-0.15, -0.1) is 0 Å². The van der Waals surface area contributed by atoms with Crippen molar-refractivity contribution in [2.75, 3.05) is 26.8 Å². The van der Waals surface area contributed by atoms with E-state index in [-0.39, 0.29) is 5.91 Å². The smallest absolute Gasteiger partial charge is 0.244 e. The first kappa shape index (κ1) is 12.5. The summed E-state index contributed by atoms with van der Waals surface area (Å²) < 4.78 is 5.18. The van der Waals surface area contributed by atoms with Gasteiger partial charge in [0.05, 0.1) is 6.61 Å².